The highest BCUT2D eigenvalue weighted by molar-refractivity contribution is 6.33. The number of nitrogens with zero attached hydrogens (tertiary/aromatic N) is 3. The molecule has 96 valence electrons. The fourth-order valence-corrected chi connectivity index (χ4v) is 2.00. The molecule has 0 bridgehead atoms. The Kier molecular flexibility index (Phi) is 3.52. The van der Waals surface area contributed by atoms with Gasteiger partial charge in [-0.15, -0.1) is 0 Å². The van der Waals surface area contributed by atoms with E-state index in [2.05, 4.69) is 10.1 Å². The number of pyridine rings is 1. The van der Waals surface area contributed by atoms with Crippen LogP contribution < -0.4 is 5.73 Å². The van der Waals surface area contributed by atoms with Gasteiger partial charge in [0, 0.05) is 0 Å². The lowest BCUT2D eigenvalue weighted by atomic mass is 10.1. The minimum atomic E-state index is -0.365. The van der Waals surface area contributed by atoms with Crippen molar-refractivity contribution < 1.29 is 4.39 Å². The predicted octanol–water partition coefficient (Wildman–Crippen LogP) is 2.96. The first-order valence-electron chi connectivity index (χ1n) is 5.66. The molecule has 2 aromatic heterocycles. The predicted molar refractivity (Wildman–Crippen MR) is 69.0 cm³/mol. The van der Waals surface area contributed by atoms with E-state index in [0.717, 1.165) is 6.42 Å². The van der Waals surface area contributed by atoms with Crippen LogP contribution in [0.25, 0.3) is 0 Å². The van der Waals surface area contributed by atoms with Crippen LogP contribution in [0.4, 0.5) is 10.2 Å². The monoisotopic (exact) mass is 268 g/mol. The van der Waals surface area contributed by atoms with Crippen LogP contribution in [0.5, 0.6) is 0 Å². The molecule has 2 heterocycles. The lowest BCUT2D eigenvalue weighted by Gasteiger charge is -2.16. The number of nitrogens with two attached hydrogens (primary N) is 1. The number of hydrogen-bond acceptors (Lipinski definition) is 3. The van der Waals surface area contributed by atoms with Gasteiger partial charge in [0.2, 0.25) is 0 Å². The molecular formula is C12H14ClFN4. The minimum absolute atomic E-state index is 0.142. The van der Waals surface area contributed by atoms with Crippen molar-refractivity contribution in [1.29, 1.82) is 0 Å². The molecule has 4 nitrogen and oxygen atoms in total. The normalized spacial score (nSPS) is 12.7. The van der Waals surface area contributed by atoms with Gasteiger partial charge in [0.1, 0.15) is 16.7 Å². The van der Waals surface area contributed by atoms with Gasteiger partial charge in [0.25, 0.3) is 0 Å². The molecule has 18 heavy (non-hydrogen) atoms. The van der Waals surface area contributed by atoms with Crippen molar-refractivity contribution in [2.24, 2.45) is 0 Å². The second-order valence-electron chi connectivity index (χ2n) is 4.05. The van der Waals surface area contributed by atoms with E-state index in [1.165, 1.54) is 12.3 Å². The molecular weight excluding hydrogens is 255 g/mol. The molecule has 2 N–H and O–H groups in total. The maximum Gasteiger partial charge on any atom is 0.141 e. The van der Waals surface area contributed by atoms with Gasteiger partial charge in [-0.2, -0.15) is 5.10 Å². The van der Waals surface area contributed by atoms with Crippen LogP contribution in [0.3, 0.4) is 0 Å². The highest BCUT2D eigenvalue weighted by Crippen LogP contribution is 2.29. The van der Waals surface area contributed by atoms with E-state index in [4.69, 9.17) is 17.3 Å². The molecule has 0 aliphatic rings. The van der Waals surface area contributed by atoms with Crippen molar-refractivity contribution in [3.8, 4) is 0 Å². The van der Waals surface area contributed by atoms with Crippen LogP contribution in [0, 0.1) is 12.7 Å². The molecule has 0 aliphatic carbocycles. The van der Waals surface area contributed by atoms with Gasteiger partial charge in [0.05, 0.1) is 23.6 Å². The average molecular weight is 269 g/mol. The van der Waals surface area contributed by atoms with Gasteiger partial charge in [0.15, 0.2) is 0 Å². The van der Waals surface area contributed by atoms with E-state index >= 15 is 0 Å². The van der Waals surface area contributed by atoms with Gasteiger partial charge in [-0.05, 0) is 25.5 Å². The van der Waals surface area contributed by atoms with Crippen LogP contribution in [-0.2, 0) is 0 Å². The summed E-state index contributed by atoms with van der Waals surface area (Å²) in [5.74, 6) is 0.0448. The first-order chi connectivity index (χ1) is 8.54. The zero-order valence-corrected chi connectivity index (χ0v) is 10.9. The zero-order valence-electron chi connectivity index (χ0n) is 10.2. The summed E-state index contributed by atoms with van der Waals surface area (Å²) in [7, 11) is 0. The van der Waals surface area contributed by atoms with E-state index in [0.29, 0.717) is 22.2 Å². The van der Waals surface area contributed by atoms with Crippen LogP contribution >= 0.6 is 11.6 Å². The Morgan fingerprint density at radius 1 is 1.50 bits per heavy atom. The number of rotatable bonds is 3. The molecule has 0 amide bonds. The summed E-state index contributed by atoms with van der Waals surface area (Å²) in [6, 6.07) is 2.87. The lowest BCUT2D eigenvalue weighted by Crippen LogP contribution is -2.15. The number of hydrogen-bond donors (Lipinski definition) is 1. The third-order valence-corrected chi connectivity index (χ3v) is 3.29. The van der Waals surface area contributed by atoms with Crippen LogP contribution in [0.15, 0.2) is 18.3 Å². The van der Waals surface area contributed by atoms with Crippen molar-refractivity contribution in [2.45, 2.75) is 26.3 Å². The van der Waals surface area contributed by atoms with Gasteiger partial charge in [-0.3, -0.25) is 4.98 Å². The smallest absolute Gasteiger partial charge is 0.141 e. The van der Waals surface area contributed by atoms with E-state index in [1.54, 1.807) is 17.7 Å². The van der Waals surface area contributed by atoms with Gasteiger partial charge >= 0.3 is 0 Å². The Hall–Kier alpha value is -1.62. The van der Waals surface area contributed by atoms with Crippen molar-refractivity contribution in [3.63, 3.8) is 0 Å². The second-order valence-corrected chi connectivity index (χ2v) is 4.43. The van der Waals surface area contributed by atoms with E-state index in [1.807, 2.05) is 6.92 Å². The standard InChI is InChI=1S/C12H14ClFN4/c1-3-10(9-5-4-8(14)6-16-9)18-12(15)11(13)7(2)17-18/h4-6,10H,3,15H2,1-2H3. The Morgan fingerprint density at radius 3 is 2.67 bits per heavy atom. The molecule has 6 heteroatoms. The number of anilines is 1. The maximum atomic E-state index is 12.9. The number of aryl methyl sites for hydroxylation is 1. The maximum absolute atomic E-state index is 12.9. The van der Waals surface area contributed by atoms with Crippen molar-refractivity contribution in [2.75, 3.05) is 5.73 Å². The third-order valence-electron chi connectivity index (χ3n) is 2.82. The highest BCUT2D eigenvalue weighted by Gasteiger charge is 2.20. The largest absolute Gasteiger partial charge is 0.383 e. The molecule has 2 aromatic rings. The van der Waals surface area contributed by atoms with Gasteiger partial charge in [-0.1, -0.05) is 18.5 Å². The van der Waals surface area contributed by atoms with Crippen molar-refractivity contribution in [1.82, 2.24) is 14.8 Å². The minimum Gasteiger partial charge on any atom is -0.383 e. The molecule has 1 unspecified atom stereocenters. The summed E-state index contributed by atoms with van der Waals surface area (Å²) in [5.41, 5.74) is 7.30. The molecule has 1 atom stereocenters. The van der Waals surface area contributed by atoms with E-state index in [9.17, 15) is 4.39 Å². The summed E-state index contributed by atoms with van der Waals surface area (Å²) in [6.07, 6.45) is 1.92. The summed E-state index contributed by atoms with van der Waals surface area (Å²) in [5, 5.41) is 4.76. The summed E-state index contributed by atoms with van der Waals surface area (Å²) < 4.78 is 14.5. The van der Waals surface area contributed by atoms with Crippen molar-refractivity contribution >= 4 is 17.4 Å². The fourth-order valence-electron chi connectivity index (χ4n) is 1.87. The molecule has 2 rings (SSSR count). The summed E-state index contributed by atoms with van der Waals surface area (Å²) >= 11 is 6.02. The van der Waals surface area contributed by atoms with Gasteiger partial charge < -0.3 is 5.73 Å². The summed E-state index contributed by atoms with van der Waals surface area (Å²) in [4.78, 5) is 4.07. The molecule has 0 spiro atoms. The topological polar surface area (TPSA) is 56.7 Å². The third kappa shape index (κ3) is 2.18. The van der Waals surface area contributed by atoms with Gasteiger partial charge in [-0.25, -0.2) is 9.07 Å². The Bertz CT molecular complexity index is 550. The van der Waals surface area contributed by atoms with Crippen LogP contribution in [0.1, 0.15) is 30.8 Å². The number of nitrogen functional groups attached to an aromatic ring is 1. The first kappa shape index (κ1) is 12.8. The average Bonchev–Trinajstić information content (AvgIpc) is 2.61. The SMILES string of the molecule is CCC(c1ccc(F)cn1)n1nc(C)c(Cl)c1N. The van der Waals surface area contributed by atoms with E-state index < -0.39 is 0 Å². The zero-order chi connectivity index (χ0) is 13.3. The molecule has 0 radical (unpaired) electrons. The fraction of sp³-hybridized carbons (Fsp3) is 0.333. The highest BCUT2D eigenvalue weighted by atomic mass is 35.5. The molecule has 0 aliphatic heterocycles. The number of aromatic nitrogens is 3. The lowest BCUT2D eigenvalue weighted by molar-refractivity contribution is 0.499. The molecule has 0 fully saturated rings. The number of halogens is 2. The van der Waals surface area contributed by atoms with Crippen LogP contribution in [0.2, 0.25) is 5.02 Å². The Morgan fingerprint density at radius 2 is 2.22 bits per heavy atom. The Labute approximate surface area is 110 Å². The van der Waals surface area contributed by atoms with E-state index in [-0.39, 0.29) is 11.9 Å². The molecule has 0 saturated heterocycles. The first-order valence-corrected chi connectivity index (χ1v) is 6.04. The molecule has 0 saturated carbocycles. The van der Waals surface area contributed by atoms with Crippen LogP contribution in [-0.4, -0.2) is 14.8 Å². The Balaban J connectivity index is 2.45. The second kappa shape index (κ2) is 4.94. The van der Waals surface area contributed by atoms with Crippen molar-refractivity contribution in [3.05, 3.63) is 40.6 Å². The molecule has 0 aromatic carbocycles. The quantitative estimate of drug-likeness (QED) is 0.931. The summed E-state index contributed by atoms with van der Waals surface area (Å²) in [6.45, 7) is 3.78.